The highest BCUT2D eigenvalue weighted by atomic mass is 127. The number of anilines is 1. The molecule has 1 atom stereocenters. The van der Waals surface area contributed by atoms with Crippen molar-refractivity contribution in [2.24, 2.45) is 0 Å². The largest absolute Gasteiger partial charge is 0.391 e. The van der Waals surface area contributed by atoms with Crippen molar-refractivity contribution in [3.05, 3.63) is 20.3 Å². The van der Waals surface area contributed by atoms with Gasteiger partial charge in [-0.3, -0.25) is 9.69 Å². The van der Waals surface area contributed by atoms with Crippen molar-refractivity contribution in [2.45, 2.75) is 12.5 Å². The molecule has 2 rings (SSSR count). The summed E-state index contributed by atoms with van der Waals surface area (Å²) in [5, 5.41) is 9.35. The molecule has 4 nitrogen and oxygen atoms in total. The van der Waals surface area contributed by atoms with Gasteiger partial charge in [-0.15, -0.1) is 0 Å². The van der Waals surface area contributed by atoms with Crippen LogP contribution < -0.4 is 4.90 Å². The third-order valence-corrected chi connectivity index (χ3v) is 4.39. The van der Waals surface area contributed by atoms with Crippen molar-refractivity contribution in [2.75, 3.05) is 11.4 Å². The molecule has 80 valence electrons. The van der Waals surface area contributed by atoms with Crippen LogP contribution in [0.15, 0.2) is 16.7 Å². The summed E-state index contributed by atoms with van der Waals surface area (Å²) in [6.07, 6.45) is -0.386. The summed E-state index contributed by atoms with van der Waals surface area (Å²) in [4.78, 5) is 17.2. The molecule has 0 bridgehead atoms. The molecule has 1 aromatic heterocycles. The molecular formula is C9H8BrIN2O2. The van der Waals surface area contributed by atoms with E-state index >= 15 is 0 Å². The monoisotopic (exact) mass is 382 g/mol. The third kappa shape index (κ3) is 2.31. The number of amides is 1. The Morgan fingerprint density at radius 1 is 1.60 bits per heavy atom. The second-order valence-electron chi connectivity index (χ2n) is 3.30. The first-order valence-electron chi connectivity index (χ1n) is 4.38. The van der Waals surface area contributed by atoms with Gasteiger partial charge in [-0.05, 0) is 50.7 Å². The minimum Gasteiger partial charge on any atom is -0.391 e. The lowest BCUT2D eigenvalue weighted by Crippen LogP contribution is -2.26. The van der Waals surface area contributed by atoms with E-state index in [0.717, 1.165) is 8.17 Å². The lowest BCUT2D eigenvalue weighted by molar-refractivity contribution is -0.117. The fourth-order valence-electron chi connectivity index (χ4n) is 1.47. The molecule has 1 unspecified atom stereocenters. The average Bonchev–Trinajstić information content (AvgIpc) is 2.50. The molecule has 15 heavy (non-hydrogen) atoms. The summed E-state index contributed by atoms with van der Waals surface area (Å²) >= 11 is 5.46. The van der Waals surface area contributed by atoms with Crippen molar-refractivity contribution < 1.29 is 9.90 Å². The topological polar surface area (TPSA) is 53.4 Å². The van der Waals surface area contributed by atoms with E-state index < -0.39 is 6.10 Å². The zero-order chi connectivity index (χ0) is 11.0. The van der Waals surface area contributed by atoms with E-state index in [1.165, 1.54) is 4.90 Å². The maximum Gasteiger partial charge on any atom is 0.230 e. The second kappa shape index (κ2) is 4.34. The van der Waals surface area contributed by atoms with Crippen LogP contribution in [0.25, 0.3) is 0 Å². The van der Waals surface area contributed by atoms with Gasteiger partial charge in [0, 0.05) is 3.57 Å². The summed E-state index contributed by atoms with van der Waals surface area (Å²) in [7, 11) is 0. The van der Waals surface area contributed by atoms with Gasteiger partial charge in [0.1, 0.15) is 10.4 Å². The second-order valence-corrected chi connectivity index (χ2v) is 5.22. The van der Waals surface area contributed by atoms with Crippen LogP contribution in [-0.4, -0.2) is 28.6 Å². The molecule has 1 aliphatic heterocycles. The summed E-state index contributed by atoms with van der Waals surface area (Å²) in [6.45, 7) is 0.332. The highest BCUT2D eigenvalue weighted by molar-refractivity contribution is 14.1. The van der Waals surface area contributed by atoms with Gasteiger partial charge in [-0.2, -0.15) is 0 Å². The maximum atomic E-state index is 11.5. The molecule has 1 N–H and O–H groups in total. The van der Waals surface area contributed by atoms with Crippen LogP contribution in [0, 0.1) is 3.57 Å². The highest BCUT2D eigenvalue weighted by Crippen LogP contribution is 2.24. The number of aromatic nitrogens is 1. The molecule has 0 spiro atoms. The van der Waals surface area contributed by atoms with Crippen LogP contribution in [0.4, 0.5) is 5.82 Å². The number of pyridine rings is 1. The number of hydrogen-bond acceptors (Lipinski definition) is 3. The number of carbonyl (C=O) groups excluding carboxylic acids is 1. The summed E-state index contributed by atoms with van der Waals surface area (Å²) in [5.41, 5.74) is 0. The molecule has 1 saturated heterocycles. The molecule has 0 saturated carbocycles. The van der Waals surface area contributed by atoms with Crippen LogP contribution in [0.3, 0.4) is 0 Å². The molecular weight excluding hydrogens is 375 g/mol. The van der Waals surface area contributed by atoms with Crippen molar-refractivity contribution in [3.8, 4) is 0 Å². The fourth-order valence-corrected chi connectivity index (χ4v) is 2.08. The molecule has 0 aliphatic carbocycles. The predicted octanol–water partition coefficient (Wildman–Crippen LogP) is 1.55. The first-order chi connectivity index (χ1) is 7.08. The number of aliphatic hydroxyl groups is 1. The molecule has 0 aromatic carbocycles. The lowest BCUT2D eigenvalue weighted by atomic mass is 10.3. The van der Waals surface area contributed by atoms with Gasteiger partial charge >= 0.3 is 0 Å². The molecule has 6 heteroatoms. The smallest absolute Gasteiger partial charge is 0.230 e. The molecule has 1 aliphatic rings. The number of rotatable bonds is 1. The van der Waals surface area contributed by atoms with Gasteiger partial charge in [0.05, 0.1) is 19.1 Å². The predicted molar refractivity (Wildman–Crippen MR) is 67.6 cm³/mol. The van der Waals surface area contributed by atoms with Crippen molar-refractivity contribution in [1.82, 2.24) is 4.98 Å². The number of halogens is 2. The number of β-amino-alcohol motifs (C(OH)–C–C–N with tert-alkyl or cyclic N) is 1. The number of aliphatic hydroxyl groups excluding tert-OH is 1. The van der Waals surface area contributed by atoms with Gasteiger partial charge in [0.25, 0.3) is 0 Å². The lowest BCUT2D eigenvalue weighted by Gasteiger charge is -2.14. The van der Waals surface area contributed by atoms with Crippen LogP contribution >= 0.6 is 38.5 Å². The van der Waals surface area contributed by atoms with Crippen LogP contribution in [0.1, 0.15) is 6.42 Å². The van der Waals surface area contributed by atoms with Gasteiger partial charge in [-0.25, -0.2) is 4.98 Å². The fraction of sp³-hybridized carbons (Fsp3) is 0.333. The molecule has 1 fully saturated rings. The quantitative estimate of drug-likeness (QED) is 0.592. The molecule has 2 heterocycles. The van der Waals surface area contributed by atoms with E-state index in [2.05, 4.69) is 43.5 Å². The number of nitrogens with zero attached hydrogens (tertiary/aromatic N) is 2. The van der Waals surface area contributed by atoms with E-state index in [4.69, 9.17) is 0 Å². The zero-order valence-corrected chi connectivity index (χ0v) is 11.4. The standard InChI is InChI=1S/C9H8BrIN2O2/c10-9-6(11)1-2-7(12-9)13-4-5(14)3-8(13)15/h1-2,5,14H,3-4H2. The van der Waals surface area contributed by atoms with Crippen LogP contribution in [-0.2, 0) is 4.79 Å². The third-order valence-electron chi connectivity index (χ3n) is 2.17. The Balaban J connectivity index is 2.30. The van der Waals surface area contributed by atoms with E-state index in [9.17, 15) is 9.90 Å². The Morgan fingerprint density at radius 3 is 2.87 bits per heavy atom. The Morgan fingerprint density at radius 2 is 2.33 bits per heavy atom. The van der Waals surface area contributed by atoms with Crippen LogP contribution in [0.5, 0.6) is 0 Å². The van der Waals surface area contributed by atoms with Crippen LogP contribution in [0.2, 0.25) is 0 Å². The van der Waals surface area contributed by atoms with Crippen molar-refractivity contribution in [1.29, 1.82) is 0 Å². The van der Waals surface area contributed by atoms with E-state index in [1.54, 1.807) is 6.07 Å². The van der Waals surface area contributed by atoms with Gasteiger partial charge < -0.3 is 5.11 Å². The first kappa shape index (κ1) is 11.3. The molecule has 1 amide bonds. The minimum absolute atomic E-state index is 0.0805. The summed E-state index contributed by atoms with van der Waals surface area (Å²) < 4.78 is 1.71. The van der Waals surface area contributed by atoms with Gasteiger partial charge in [-0.1, -0.05) is 0 Å². The number of hydrogen-bond donors (Lipinski definition) is 1. The Labute approximate surface area is 109 Å². The molecule has 1 aromatic rings. The van der Waals surface area contributed by atoms with Crippen molar-refractivity contribution >= 4 is 50.2 Å². The van der Waals surface area contributed by atoms with Gasteiger partial charge in [0.2, 0.25) is 5.91 Å². The Kier molecular flexibility index (Phi) is 3.27. The zero-order valence-electron chi connectivity index (χ0n) is 7.65. The Hall–Kier alpha value is -0.210. The summed E-state index contributed by atoms with van der Waals surface area (Å²) in [6, 6.07) is 3.66. The normalized spacial score (nSPS) is 21.1. The summed E-state index contributed by atoms with van der Waals surface area (Å²) in [5.74, 6) is 0.506. The van der Waals surface area contributed by atoms with E-state index in [0.29, 0.717) is 12.4 Å². The van der Waals surface area contributed by atoms with Crippen molar-refractivity contribution in [3.63, 3.8) is 0 Å². The Bertz CT molecular complexity index is 413. The minimum atomic E-state index is -0.572. The SMILES string of the molecule is O=C1CC(O)CN1c1ccc(I)c(Br)n1. The highest BCUT2D eigenvalue weighted by Gasteiger charge is 2.29. The maximum absolute atomic E-state index is 11.5. The van der Waals surface area contributed by atoms with E-state index in [-0.39, 0.29) is 12.3 Å². The average molecular weight is 383 g/mol. The number of carbonyl (C=O) groups is 1. The van der Waals surface area contributed by atoms with E-state index in [1.807, 2.05) is 6.07 Å². The molecule has 0 radical (unpaired) electrons. The first-order valence-corrected chi connectivity index (χ1v) is 6.25. The van der Waals surface area contributed by atoms with Gasteiger partial charge in [0.15, 0.2) is 0 Å².